The van der Waals surface area contributed by atoms with Crippen molar-refractivity contribution < 1.29 is 0 Å². The molecule has 2 rings (SSSR count). The average Bonchev–Trinajstić information content (AvgIpc) is 2.47. The summed E-state index contributed by atoms with van der Waals surface area (Å²) in [6, 6.07) is 12.2. The lowest BCUT2D eigenvalue weighted by Crippen LogP contribution is -2.60. The van der Waals surface area contributed by atoms with Crippen molar-refractivity contribution in [3.05, 3.63) is 35.9 Å². The van der Waals surface area contributed by atoms with E-state index in [1.807, 2.05) is 0 Å². The summed E-state index contributed by atoms with van der Waals surface area (Å²) in [5, 5.41) is 3.76. The maximum absolute atomic E-state index is 3.76. The number of rotatable bonds is 4. The van der Waals surface area contributed by atoms with Gasteiger partial charge in [-0.05, 0) is 23.3 Å². The Labute approximate surface area is 130 Å². The number of benzene rings is 1. The van der Waals surface area contributed by atoms with Gasteiger partial charge in [0.05, 0.1) is 0 Å². The van der Waals surface area contributed by atoms with Crippen LogP contribution >= 0.6 is 0 Å². The third-order valence-electron chi connectivity index (χ3n) is 4.93. The molecule has 0 radical (unpaired) electrons. The largest absolute Gasteiger partial charge is 0.311 e. The Balaban J connectivity index is 2.04. The van der Waals surface area contributed by atoms with Gasteiger partial charge >= 0.3 is 0 Å². The maximum atomic E-state index is 3.76. The molecule has 2 heteroatoms. The van der Waals surface area contributed by atoms with E-state index in [0.717, 1.165) is 13.1 Å². The second-order valence-electron chi connectivity index (χ2n) is 7.65. The van der Waals surface area contributed by atoms with Gasteiger partial charge in [-0.3, -0.25) is 4.90 Å². The summed E-state index contributed by atoms with van der Waals surface area (Å²) in [7, 11) is 0. The molecule has 1 saturated heterocycles. The fraction of sp³-hybridized carbons (Fsp3) is 0.684. The van der Waals surface area contributed by atoms with Crippen LogP contribution in [0.1, 0.15) is 52.5 Å². The Morgan fingerprint density at radius 1 is 1.24 bits per heavy atom. The van der Waals surface area contributed by atoms with E-state index in [1.165, 1.54) is 18.5 Å². The Bertz CT molecular complexity index is 421. The molecular weight excluding hydrogens is 256 g/mol. The molecule has 21 heavy (non-hydrogen) atoms. The van der Waals surface area contributed by atoms with Crippen molar-refractivity contribution in [2.75, 3.05) is 19.6 Å². The Morgan fingerprint density at radius 2 is 1.90 bits per heavy atom. The highest BCUT2D eigenvalue weighted by Crippen LogP contribution is 2.26. The average molecular weight is 288 g/mol. The van der Waals surface area contributed by atoms with Gasteiger partial charge in [0, 0.05) is 31.7 Å². The van der Waals surface area contributed by atoms with Crippen LogP contribution in [0.15, 0.2) is 30.3 Å². The molecule has 1 aliphatic heterocycles. The van der Waals surface area contributed by atoms with Crippen LogP contribution in [0.5, 0.6) is 0 Å². The predicted molar refractivity (Wildman–Crippen MR) is 91.8 cm³/mol. The molecule has 0 bridgehead atoms. The highest BCUT2D eigenvalue weighted by atomic mass is 15.2. The van der Waals surface area contributed by atoms with E-state index in [0.29, 0.717) is 23.4 Å². The molecule has 0 saturated carbocycles. The van der Waals surface area contributed by atoms with Gasteiger partial charge in [0.2, 0.25) is 0 Å². The van der Waals surface area contributed by atoms with Crippen LogP contribution in [0.25, 0.3) is 0 Å². The van der Waals surface area contributed by atoms with Crippen LogP contribution in [0, 0.1) is 5.41 Å². The fourth-order valence-corrected chi connectivity index (χ4v) is 3.30. The maximum Gasteiger partial charge on any atom is 0.0244 e. The molecule has 1 aliphatic rings. The van der Waals surface area contributed by atoms with Crippen molar-refractivity contribution in [2.45, 2.75) is 59.0 Å². The van der Waals surface area contributed by atoms with Crippen molar-refractivity contribution in [1.82, 2.24) is 10.2 Å². The van der Waals surface area contributed by atoms with Crippen molar-refractivity contribution in [3.8, 4) is 0 Å². The van der Waals surface area contributed by atoms with E-state index >= 15 is 0 Å². The van der Waals surface area contributed by atoms with Gasteiger partial charge < -0.3 is 5.32 Å². The molecule has 118 valence electrons. The third kappa shape index (κ3) is 4.31. The highest BCUT2D eigenvalue weighted by molar-refractivity contribution is 5.19. The lowest BCUT2D eigenvalue weighted by molar-refractivity contribution is 0.0794. The molecule has 1 aromatic carbocycles. The smallest absolute Gasteiger partial charge is 0.0244 e. The lowest BCUT2D eigenvalue weighted by Gasteiger charge is -2.45. The Kier molecular flexibility index (Phi) is 5.45. The van der Waals surface area contributed by atoms with Crippen molar-refractivity contribution in [3.63, 3.8) is 0 Å². The summed E-state index contributed by atoms with van der Waals surface area (Å²) in [5.41, 5.74) is 1.78. The second-order valence-corrected chi connectivity index (χ2v) is 7.65. The van der Waals surface area contributed by atoms with Gasteiger partial charge in [-0.15, -0.1) is 0 Å². The zero-order valence-electron chi connectivity index (χ0n) is 14.4. The van der Waals surface area contributed by atoms with E-state index in [9.17, 15) is 0 Å². The van der Waals surface area contributed by atoms with Gasteiger partial charge in [-0.25, -0.2) is 0 Å². The normalized spacial score (nSPS) is 25.8. The number of hydrogen-bond donors (Lipinski definition) is 1. The third-order valence-corrected chi connectivity index (χ3v) is 4.93. The number of nitrogens with one attached hydrogen (secondary N) is 1. The zero-order valence-corrected chi connectivity index (χ0v) is 14.4. The molecule has 3 atom stereocenters. The Hall–Kier alpha value is -0.860. The highest BCUT2D eigenvalue weighted by Gasteiger charge is 2.33. The molecule has 3 unspecified atom stereocenters. The number of hydrogen-bond acceptors (Lipinski definition) is 2. The standard InChI is InChI=1S/C19H32N2/c1-6-17-12-20-18(19(3,4)5)14-21(17)13-15(2)16-10-8-7-9-11-16/h7-11,15,17-18,20H,6,12-14H2,1-5H3. The summed E-state index contributed by atoms with van der Waals surface area (Å²) < 4.78 is 0. The predicted octanol–water partition coefficient (Wildman–Crippen LogP) is 3.89. The summed E-state index contributed by atoms with van der Waals surface area (Å²) in [5.74, 6) is 0.596. The monoisotopic (exact) mass is 288 g/mol. The van der Waals surface area contributed by atoms with Crippen LogP contribution in [0.3, 0.4) is 0 Å². The van der Waals surface area contributed by atoms with E-state index in [-0.39, 0.29) is 0 Å². The minimum atomic E-state index is 0.326. The summed E-state index contributed by atoms with van der Waals surface area (Å²) >= 11 is 0. The fourth-order valence-electron chi connectivity index (χ4n) is 3.30. The van der Waals surface area contributed by atoms with Crippen LogP contribution < -0.4 is 5.32 Å². The van der Waals surface area contributed by atoms with E-state index in [1.54, 1.807) is 0 Å². The topological polar surface area (TPSA) is 15.3 Å². The van der Waals surface area contributed by atoms with Crippen LogP contribution in [0.4, 0.5) is 0 Å². The van der Waals surface area contributed by atoms with Gasteiger partial charge in [0.1, 0.15) is 0 Å². The first-order valence-corrected chi connectivity index (χ1v) is 8.44. The summed E-state index contributed by atoms with van der Waals surface area (Å²) in [6.07, 6.45) is 1.23. The molecule has 2 nitrogen and oxygen atoms in total. The van der Waals surface area contributed by atoms with Gasteiger partial charge in [-0.1, -0.05) is 65.0 Å². The van der Waals surface area contributed by atoms with Gasteiger partial charge in [0.25, 0.3) is 0 Å². The summed E-state index contributed by atoms with van der Waals surface area (Å²) in [4.78, 5) is 2.71. The molecule has 1 aromatic rings. The lowest BCUT2D eigenvalue weighted by atomic mass is 9.84. The van der Waals surface area contributed by atoms with Gasteiger partial charge in [0.15, 0.2) is 0 Å². The first-order valence-electron chi connectivity index (χ1n) is 8.44. The second kappa shape index (κ2) is 6.93. The molecule has 0 aromatic heterocycles. The van der Waals surface area contributed by atoms with Crippen molar-refractivity contribution in [2.24, 2.45) is 5.41 Å². The van der Waals surface area contributed by atoms with Crippen LogP contribution in [0.2, 0.25) is 0 Å². The molecule has 0 spiro atoms. The summed E-state index contributed by atoms with van der Waals surface area (Å²) in [6.45, 7) is 15.2. The van der Waals surface area contributed by atoms with E-state index in [2.05, 4.69) is 75.2 Å². The molecule has 0 aliphatic carbocycles. The zero-order chi connectivity index (χ0) is 15.5. The molecule has 0 amide bonds. The quantitative estimate of drug-likeness (QED) is 0.904. The minimum absolute atomic E-state index is 0.326. The Morgan fingerprint density at radius 3 is 2.48 bits per heavy atom. The van der Waals surface area contributed by atoms with E-state index < -0.39 is 0 Å². The minimum Gasteiger partial charge on any atom is -0.311 e. The van der Waals surface area contributed by atoms with Crippen LogP contribution in [-0.4, -0.2) is 36.6 Å². The van der Waals surface area contributed by atoms with Crippen molar-refractivity contribution in [1.29, 1.82) is 0 Å². The first kappa shape index (κ1) is 16.5. The molecule has 1 N–H and O–H groups in total. The van der Waals surface area contributed by atoms with Crippen LogP contribution in [-0.2, 0) is 0 Å². The molecular formula is C19H32N2. The number of nitrogens with zero attached hydrogens (tertiary/aromatic N) is 1. The van der Waals surface area contributed by atoms with E-state index in [4.69, 9.17) is 0 Å². The molecule has 1 heterocycles. The van der Waals surface area contributed by atoms with Gasteiger partial charge in [-0.2, -0.15) is 0 Å². The van der Waals surface area contributed by atoms with Crippen molar-refractivity contribution >= 4 is 0 Å². The SMILES string of the molecule is CCC1CNC(C(C)(C)C)CN1CC(C)c1ccccc1. The first-order chi connectivity index (χ1) is 9.91. The number of piperazine rings is 1. The molecule has 1 fully saturated rings.